The van der Waals surface area contributed by atoms with Crippen molar-refractivity contribution >= 4 is 5.91 Å². The van der Waals surface area contributed by atoms with E-state index in [9.17, 15) is 31.1 Å². The molecule has 0 unspecified atom stereocenters. The molecule has 0 spiro atoms. The summed E-state index contributed by atoms with van der Waals surface area (Å²) >= 11 is 0. The fourth-order valence-corrected chi connectivity index (χ4v) is 1.08. The van der Waals surface area contributed by atoms with Gasteiger partial charge in [-0.25, -0.2) is 0 Å². The molecule has 0 aromatic carbocycles. The predicted molar refractivity (Wildman–Crippen MR) is 54.2 cm³/mol. The number of alkyl halides is 6. The van der Waals surface area contributed by atoms with Crippen LogP contribution in [0.1, 0.15) is 6.92 Å². The van der Waals surface area contributed by atoms with Crippen molar-refractivity contribution in [3.8, 4) is 0 Å². The molecular weight excluding hydrogens is 280 g/mol. The van der Waals surface area contributed by atoms with E-state index in [-0.39, 0.29) is 13.2 Å². The van der Waals surface area contributed by atoms with Crippen LogP contribution in [-0.4, -0.2) is 38.0 Å². The molecule has 0 aromatic rings. The molecule has 0 bridgehead atoms. The zero-order valence-corrected chi connectivity index (χ0v) is 9.99. The Labute approximate surface area is 105 Å². The lowest BCUT2D eigenvalue weighted by molar-refractivity contribution is -0.274. The summed E-state index contributed by atoms with van der Waals surface area (Å²) in [6.07, 6.45) is -11.4. The van der Waals surface area contributed by atoms with Gasteiger partial charge in [-0.15, -0.1) is 0 Å². The average Bonchev–Trinajstić information content (AvgIpc) is 2.11. The molecule has 0 aliphatic carbocycles. The highest BCUT2D eigenvalue weighted by Gasteiger charge is 2.60. The maximum absolute atomic E-state index is 12.1. The van der Waals surface area contributed by atoms with Gasteiger partial charge < -0.3 is 10.1 Å². The third-order valence-corrected chi connectivity index (χ3v) is 1.81. The van der Waals surface area contributed by atoms with Gasteiger partial charge in [-0.2, -0.15) is 26.3 Å². The average molecular weight is 293 g/mol. The van der Waals surface area contributed by atoms with Crippen molar-refractivity contribution in [2.45, 2.75) is 19.3 Å². The summed E-state index contributed by atoms with van der Waals surface area (Å²) in [4.78, 5) is 10.9. The van der Waals surface area contributed by atoms with Crippen LogP contribution in [0.25, 0.3) is 0 Å². The lowest BCUT2D eigenvalue weighted by Gasteiger charge is -2.21. The highest BCUT2D eigenvalue weighted by Crippen LogP contribution is 2.39. The largest absolute Gasteiger partial charge is 0.409 e. The molecule has 0 aliphatic heterocycles. The highest BCUT2D eigenvalue weighted by atomic mass is 19.4. The van der Waals surface area contributed by atoms with Gasteiger partial charge in [0.15, 0.2) is 0 Å². The van der Waals surface area contributed by atoms with Gasteiger partial charge in [0, 0.05) is 6.54 Å². The van der Waals surface area contributed by atoms with Crippen molar-refractivity contribution in [3.05, 3.63) is 12.2 Å². The third kappa shape index (κ3) is 7.04. The third-order valence-electron chi connectivity index (χ3n) is 1.81. The molecule has 0 aromatic heterocycles. The van der Waals surface area contributed by atoms with Crippen LogP contribution in [0, 0.1) is 5.92 Å². The molecule has 0 saturated heterocycles. The number of ether oxygens (including phenoxy) is 1. The molecule has 1 amide bonds. The molecule has 0 heterocycles. The van der Waals surface area contributed by atoms with E-state index in [1.54, 1.807) is 6.92 Å². The van der Waals surface area contributed by atoms with Gasteiger partial charge >= 0.3 is 12.4 Å². The van der Waals surface area contributed by atoms with Crippen LogP contribution in [0.3, 0.4) is 0 Å². The molecule has 0 atom stereocenters. The minimum atomic E-state index is -5.68. The van der Waals surface area contributed by atoms with Gasteiger partial charge in [0.1, 0.15) is 0 Å². The number of hydrogen-bond donors (Lipinski definition) is 1. The van der Waals surface area contributed by atoms with E-state index in [4.69, 9.17) is 4.74 Å². The summed E-state index contributed by atoms with van der Waals surface area (Å²) in [5.41, 5.74) is 0.634. The maximum Gasteiger partial charge on any atom is 0.409 e. The monoisotopic (exact) mass is 293 g/mol. The van der Waals surface area contributed by atoms with Crippen molar-refractivity contribution in [2.24, 2.45) is 5.92 Å². The molecule has 0 radical (unpaired) electrons. The standard InChI is InChI=1S/C10H13F6NO2/c1-6(2)5-19-4-3-17-8(18)7(9(11,12)13)10(14,15)16/h7H,1,3-5H2,2H3,(H,17,18). The number of halogens is 6. The molecule has 3 nitrogen and oxygen atoms in total. The number of hydrogen-bond acceptors (Lipinski definition) is 2. The quantitative estimate of drug-likeness (QED) is 0.464. The summed E-state index contributed by atoms with van der Waals surface area (Å²) in [6, 6.07) is 0. The molecule has 0 aliphatic rings. The topological polar surface area (TPSA) is 38.3 Å². The number of amides is 1. The number of carbonyl (C=O) groups is 1. The van der Waals surface area contributed by atoms with Crippen molar-refractivity contribution < 1.29 is 35.9 Å². The second-order valence-electron chi connectivity index (χ2n) is 3.82. The van der Waals surface area contributed by atoms with Crippen molar-refractivity contribution in [2.75, 3.05) is 19.8 Å². The van der Waals surface area contributed by atoms with E-state index in [1.165, 1.54) is 5.32 Å². The van der Waals surface area contributed by atoms with Crippen LogP contribution in [0.15, 0.2) is 12.2 Å². The summed E-state index contributed by atoms with van der Waals surface area (Å²) in [7, 11) is 0. The first kappa shape index (κ1) is 17.8. The fraction of sp³-hybridized carbons (Fsp3) is 0.700. The van der Waals surface area contributed by atoms with Gasteiger partial charge in [0.25, 0.3) is 0 Å². The molecule has 0 saturated carbocycles. The zero-order valence-electron chi connectivity index (χ0n) is 9.99. The summed E-state index contributed by atoms with van der Waals surface area (Å²) < 4.78 is 77.6. The fourth-order valence-electron chi connectivity index (χ4n) is 1.08. The van der Waals surface area contributed by atoms with Gasteiger partial charge in [-0.05, 0) is 6.92 Å². The first-order valence-corrected chi connectivity index (χ1v) is 5.09. The first-order valence-electron chi connectivity index (χ1n) is 5.09. The second kappa shape index (κ2) is 6.78. The van der Waals surface area contributed by atoms with Gasteiger partial charge in [-0.3, -0.25) is 4.79 Å². The summed E-state index contributed by atoms with van der Waals surface area (Å²) in [5.74, 6) is -6.17. The Morgan fingerprint density at radius 1 is 1.21 bits per heavy atom. The van der Waals surface area contributed by atoms with Crippen molar-refractivity contribution in [1.82, 2.24) is 5.32 Å². The predicted octanol–water partition coefficient (Wildman–Crippen LogP) is 2.44. The van der Waals surface area contributed by atoms with E-state index in [0.29, 0.717) is 5.57 Å². The summed E-state index contributed by atoms with van der Waals surface area (Å²) in [6.45, 7) is 4.55. The van der Waals surface area contributed by atoms with Crippen LogP contribution in [0.4, 0.5) is 26.3 Å². The Kier molecular flexibility index (Phi) is 6.34. The van der Waals surface area contributed by atoms with Crippen molar-refractivity contribution in [1.29, 1.82) is 0 Å². The Morgan fingerprint density at radius 2 is 1.68 bits per heavy atom. The Hall–Kier alpha value is -1.25. The molecule has 19 heavy (non-hydrogen) atoms. The zero-order chi connectivity index (χ0) is 15.3. The van der Waals surface area contributed by atoms with Crippen LogP contribution in [0.5, 0.6) is 0 Å². The molecule has 1 N–H and O–H groups in total. The Bertz CT molecular complexity index is 309. The van der Waals surface area contributed by atoms with E-state index in [1.807, 2.05) is 0 Å². The van der Waals surface area contributed by atoms with E-state index < -0.39 is 30.7 Å². The molecular formula is C10H13F6NO2. The second-order valence-corrected chi connectivity index (χ2v) is 3.82. The lowest BCUT2D eigenvalue weighted by Crippen LogP contribution is -2.48. The Morgan fingerprint density at radius 3 is 2.05 bits per heavy atom. The van der Waals surface area contributed by atoms with E-state index >= 15 is 0 Å². The normalized spacial score (nSPS) is 12.6. The van der Waals surface area contributed by atoms with Crippen LogP contribution < -0.4 is 5.32 Å². The SMILES string of the molecule is C=C(C)COCCNC(=O)C(C(F)(F)F)C(F)(F)F. The van der Waals surface area contributed by atoms with E-state index in [0.717, 1.165) is 0 Å². The van der Waals surface area contributed by atoms with Gasteiger partial charge in [0.2, 0.25) is 11.8 Å². The van der Waals surface area contributed by atoms with Gasteiger partial charge in [-0.1, -0.05) is 12.2 Å². The Balaban J connectivity index is 4.33. The maximum atomic E-state index is 12.1. The van der Waals surface area contributed by atoms with Crippen LogP contribution >= 0.6 is 0 Å². The molecule has 9 heteroatoms. The molecule has 0 fully saturated rings. The van der Waals surface area contributed by atoms with E-state index in [2.05, 4.69) is 6.58 Å². The lowest BCUT2D eigenvalue weighted by atomic mass is 10.1. The minimum Gasteiger partial charge on any atom is -0.375 e. The van der Waals surface area contributed by atoms with Gasteiger partial charge in [0.05, 0.1) is 13.2 Å². The first-order chi connectivity index (χ1) is 8.46. The minimum absolute atomic E-state index is 0.109. The smallest absolute Gasteiger partial charge is 0.375 e. The summed E-state index contributed by atoms with van der Waals surface area (Å²) in [5, 5.41) is 1.54. The highest BCUT2D eigenvalue weighted by molar-refractivity contribution is 5.80. The number of rotatable bonds is 6. The molecule has 0 rings (SSSR count). The number of carbonyl (C=O) groups excluding carboxylic acids is 1. The van der Waals surface area contributed by atoms with Crippen LogP contribution in [0.2, 0.25) is 0 Å². The van der Waals surface area contributed by atoms with Crippen LogP contribution in [-0.2, 0) is 9.53 Å². The number of nitrogens with one attached hydrogen (secondary N) is 1. The van der Waals surface area contributed by atoms with Crippen molar-refractivity contribution in [3.63, 3.8) is 0 Å². The molecule has 112 valence electrons.